The molecule has 2 aromatic rings. The molecule has 0 fully saturated rings. The Morgan fingerprint density at radius 1 is 0.812 bits per heavy atom. The van der Waals surface area contributed by atoms with Gasteiger partial charge in [0.1, 0.15) is 0 Å². The second-order valence-corrected chi connectivity index (χ2v) is 4.79. The van der Waals surface area contributed by atoms with Crippen molar-refractivity contribution in [2.24, 2.45) is 0 Å². The Kier molecular flexibility index (Phi) is 3.44. The molecule has 0 amide bonds. The lowest BCUT2D eigenvalue weighted by molar-refractivity contribution is 1.46. The molecular formula is C13H9Cl3. The zero-order chi connectivity index (χ0) is 11.7. The van der Waals surface area contributed by atoms with Crippen LogP contribution in [0, 0.1) is 6.92 Å². The van der Waals surface area contributed by atoms with Gasteiger partial charge in [-0.2, -0.15) is 0 Å². The Morgan fingerprint density at radius 3 is 2.31 bits per heavy atom. The highest BCUT2D eigenvalue weighted by molar-refractivity contribution is 6.36. The van der Waals surface area contributed by atoms with E-state index in [4.69, 9.17) is 34.8 Å². The van der Waals surface area contributed by atoms with Crippen LogP contribution < -0.4 is 0 Å². The SMILES string of the molecule is Cc1c(Cl)cccc1-c1cc(Cl)ccc1Cl. The van der Waals surface area contributed by atoms with Crippen molar-refractivity contribution in [3.8, 4) is 11.1 Å². The summed E-state index contributed by atoms with van der Waals surface area (Å²) in [4.78, 5) is 0. The molecule has 0 radical (unpaired) electrons. The highest BCUT2D eigenvalue weighted by Gasteiger charge is 2.08. The van der Waals surface area contributed by atoms with Gasteiger partial charge < -0.3 is 0 Å². The van der Waals surface area contributed by atoms with Gasteiger partial charge in [-0.3, -0.25) is 0 Å². The number of benzene rings is 2. The molecule has 0 saturated carbocycles. The van der Waals surface area contributed by atoms with E-state index in [9.17, 15) is 0 Å². The van der Waals surface area contributed by atoms with Crippen LogP contribution in [0.1, 0.15) is 5.56 Å². The summed E-state index contributed by atoms with van der Waals surface area (Å²) in [5, 5.41) is 2.07. The first kappa shape index (κ1) is 11.8. The Labute approximate surface area is 110 Å². The van der Waals surface area contributed by atoms with Gasteiger partial charge in [-0.05, 0) is 42.3 Å². The highest BCUT2D eigenvalue weighted by atomic mass is 35.5. The summed E-state index contributed by atoms with van der Waals surface area (Å²) in [7, 11) is 0. The Balaban J connectivity index is 2.67. The maximum atomic E-state index is 6.15. The minimum atomic E-state index is 0.666. The topological polar surface area (TPSA) is 0 Å². The molecule has 3 heteroatoms. The van der Waals surface area contributed by atoms with Crippen molar-refractivity contribution >= 4 is 34.8 Å². The van der Waals surface area contributed by atoms with Crippen molar-refractivity contribution in [3.05, 3.63) is 57.0 Å². The summed E-state index contributed by atoms with van der Waals surface area (Å²) in [5.74, 6) is 0. The average Bonchev–Trinajstić information content (AvgIpc) is 2.26. The zero-order valence-corrected chi connectivity index (χ0v) is 10.9. The van der Waals surface area contributed by atoms with Gasteiger partial charge in [0.15, 0.2) is 0 Å². The predicted octanol–water partition coefficient (Wildman–Crippen LogP) is 5.62. The van der Waals surface area contributed by atoms with E-state index in [1.54, 1.807) is 12.1 Å². The van der Waals surface area contributed by atoms with E-state index in [1.165, 1.54) is 0 Å². The van der Waals surface area contributed by atoms with Gasteiger partial charge in [0.25, 0.3) is 0 Å². The first-order valence-electron chi connectivity index (χ1n) is 4.80. The Bertz CT molecular complexity index is 533. The van der Waals surface area contributed by atoms with Crippen LogP contribution in [0.15, 0.2) is 36.4 Å². The molecule has 2 rings (SSSR count). The first-order valence-corrected chi connectivity index (χ1v) is 5.93. The Hall–Kier alpha value is -0.690. The summed E-state index contributed by atoms with van der Waals surface area (Å²) < 4.78 is 0. The molecule has 82 valence electrons. The molecule has 0 unspecified atom stereocenters. The molecule has 0 spiro atoms. The van der Waals surface area contributed by atoms with Crippen molar-refractivity contribution in [2.45, 2.75) is 6.92 Å². The van der Waals surface area contributed by atoms with Crippen molar-refractivity contribution < 1.29 is 0 Å². The van der Waals surface area contributed by atoms with Crippen LogP contribution in [0.2, 0.25) is 15.1 Å². The van der Waals surface area contributed by atoms with Crippen LogP contribution >= 0.6 is 34.8 Å². The predicted molar refractivity (Wildman–Crippen MR) is 71.6 cm³/mol. The molecule has 0 nitrogen and oxygen atoms in total. The maximum Gasteiger partial charge on any atom is 0.0485 e. The normalized spacial score (nSPS) is 10.5. The number of rotatable bonds is 1. The van der Waals surface area contributed by atoms with Gasteiger partial charge >= 0.3 is 0 Å². The summed E-state index contributed by atoms with van der Waals surface area (Å²) >= 11 is 18.2. The third kappa shape index (κ3) is 2.20. The lowest BCUT2D eigenvalue weighted by Crippen LogP contribution is -1.85. The van der Waals surface area contributed by atoms with Gasteiger partial charge in [-0.15, -0.1) is 0 Å². The molecule has 0 bridgehead atoms. The van der Waals surface area contributed by atoms with E-state index >= 15 is 0 Å². The third-order valence-electron chi connectivity index (χ3n) is 2.49. The highest BCUT2D eigenvalue weighted by Crippen LogP contribution is 2.34. The molecule has 0 N–H and O–H groups in total. The summed E-state index contributed by atoms with van der Waals surface area (Å²) in [6.07, 6.45) is 0. The number of halogens is 3. The lowest BCUT2D eigenvalue weighted by atomic mass is 10.0. The average molecular weight is 272 g/mol. The fourth-order valence-corrected chi connectivity index (χ4v) is 2.17. The molecule has 0 aliphatic carbocycles. The standard InChI is InChI=1S/C13H9Cl3/c1-8-10(3-2-4-12(8)15)11-7-9(14)5-6-13(11)16/h2-7H,1H3. The minimum absolute atomic E-state index is 0.666. The first-order chi connectivity index (χ1) is 7.59. The molecule has 0 atom stereocenters. The van der Waals surface area contributed by atoms with Gasteiger partial charge in [0.05, 0.1) is 0 Å². The fourth-order valence-electron chi connectivity index (χ4n) is 1.60. The van der Waals surface area contributed by atoms with Crippen molar-refractivity contribution in [3.63, 3.8) is 0 Å². The second-order valence-electron chi connectivity index (χ2n) is 3.54. The largest absolute Gasteiger partial charge is 0.0843 e. The smallest absolute Gasteiger partial charge is 0.0485 e. The van der Waals surface area contributed by atoms with E-state index in [1.807, 2.05) is 31.2 Å². The van der Waals surface area contributed by atoms with Crippen LogP contribution in [-0.2, 0) is 0 Å². The molecule has 16 heavy (non-hydrogen) atoms. The van der Waals surface area contributed by atoms with E-state index in [0.29, 0.717) is 10.0 Å². The maximum absolute atomic E-state index is 6.15. The molecule has 0 aromatic heterocycles. The molecule has 0 aliphatic heterocycles. The number of hydrogen-bond acceptors (Lipinski definition) is 0. The molecular weight excluding hydrogens is 263 g/mol. The summed E-state index contributed by atoms with van der Waals surface area (Å²) in [5.41, 5.74) is 2.93. The van der Waals surface area contributed by atoms with Gasteiger partial charge in [-0.1, -0.05) is 46.9 Å². The molecule has 0 aliphatic rings. The Morgan fingerprint density at radius 2 is 1.56 bits per heavy atom. The van der Waals surface area contributed by atoms with Crippen LogP contribution in [0.25, 0.3) is 11.1 Å². The van der Waals surface area contributed by atoms with E-state index in [-0.39, 0.29) is 0 Å². The van der Waals surface area contributed by atoms with Gasteiger partial charge in [-0.25, -0.2) is 0 Å². The van der Waals surface area contributed by atoms with Crippen LogP contribution in [-0.4, -0.2) is 0 Å². The fraction of sp³-hybridized carbons (Fsp3) is 0.0769. The molecule has 0 saturated heterocycles. The van der Waals surface area contributed by atoms with Crippen LogP contribution in [0.5, 0.6) is 0 Å². The van der Waals surface area contributed by atoms with Crippen molar-refractivity contribution in [1.82, 2.24) is 0 Å². The summed E-state index contributed by atoms with van der Waals surface area (Å²) in [6.45, 7) is 1.97. The quantitative estimate of drug-likeness (QED) is 0.631. The second kappa shape index (κ2) is 4.67. The van der Waals surface area contributed by atoms with Crippen molar-refractivity contribution in [2.75, 3.05) is 0 Å². The third-order valence-corrected chi connectivity index (χ3v) is 3.46. The monoisotopic (exact) mass is 270 g/mol. The van der Waals surface area contributed by atoms with Crippen molar-refractivity contribution in [1.29, 1.82) is 0 Å². The summed E-state index contributed by atoms with van der Waals surface area (Å²) in [6, 6.07) is 11.2. The zero-order valence-electron chi connectivity index (χ0n) is 8.60. The van der Waals surface area contributed by atoms with Crippen LogP contribution in [0.4, 0.5) is 0 Å². The van der Waals surface area contributed by atoms with Gasteiger partial charge in [0.2, 0.25) is 0 Å². The molecule has 0 heterocycles. The van der Waals surface area contributed by atoms with E-state index < -0.39 is 0 Å². The van der Waals surface area contributed by atoms with Crippen LogP contribution in [0.3, 0.4) is 0 Å². The molecule has 2 aromatic carbocycles. The lowest BCUT2D eigenvalue weighted by Gasteiger charge is -2.09. The number of hydrogen-bond donors (Lipinski definition) is 0. The minimum Gasteiger partial charge on any atom is -0.0843 e. The van der Waals surface area contributed by atoms with Gasteiger partial charge in [0, 0.05) is 20.6 Å². The van der Waals surface area contributed by atoms with E-state index in [2.05, 4.69) is 0 Å². The van der Waals surface area contributed by atoms with E-state index in [0.717, 1.165) is 21.7 Å².